The Kier molecular flexibility index (Phi) is 4.80. The molecule has 4 heterocycles. The van der Waals surface area contributed by atoms with Gasteiger partial charge in [0.05, 0.1) is 5.52 Å². The van der Waals surface area contributed by atoms with Crippen molar-refractivity contribution in [1.82, 2.24) is 24.8 Å². The topological polar surface area (TPSA) is 69.2 Å². The van der Waals surface area contributed by atoms with Crippen LogP contribution < -0.4 is 4.84 Å². The van der Waals surface area contributed by atoms with Crippen LogP contribution >= 0.6 is 15.9 Å². The Morgan fingerprint density at radius 1 is 1.28 bits per heavy atom. The Labute approximate surface area is 194 Å². The van der Waals surface area contributed by atoms with Crippen LogP contribution in [0.25, 0.3) is 22.3 Å². The van der Waals surface area contributed by atoms with Gasteiger partial charge >= 0.3 is 0 Å². The zero-order valence-electron chi connectivity index (χ0n) is 18.0. The van der Waals surface area contributed by atoms with E-state index in [4.69, 9.17) is 9.36 Å². The van der Waals surface area contributed by atoms with E-state index in [0.29, 0.717) is 29.6 Å². The van der Waals surface area contributed by atoms with Gasteiger partial charge in [-0.25, -0.2) is 0 Å². The van der Waals surface area contributed by atoms with E-state index in [1.807, 2.05) is 10.8 Å². The molecule has 164 valence electrons. The van der Waals surface area contributed by atoms with Crippen LogP contribution in [0.2, 0.25) is 0 Å². The highest BCUT2D eigenvalue weighted by Crippen LogP contribution is 2.44. The summed E-state index contributed by atoms with van der Waals surface area (Å²) in [6, 6.07) is 9.04. The Morgan fingerprint density at radius 3 is 3.06 bits per heavy atom. The molecule has 1 aliphatic carbocycles. The Morgan fingerprint density at radius 2 is 2.19 bits per heavy atom. The van der Waals surface area contributed by atoms with Gasteiger partial charge in [-0.05, 0) is 65.0 Å². The molecular weight excluding hydrogens is 470 g/mol. The number of pyridine rings is 1. The number of benzene rings is 1. The van der Waals surface area contributed by atoms with Crippen LogP contribution in [-0.2, 0) is 13.0 Å². The van der Waals surface area contributed by atoms with Crippen molar-refractivity contribution in [2.75, 3.05) is 13.6 Å². The molecule has 6 rings (SSSR count). The molecule has 1 saturated heterocycles. The first-order chi connectivity index (χ1) is 15.6. The van der Waals surface area contributed by atoms with Crippen LogP contribution in [0.5, 0.6) is 0 Å². The molecular formula is C24H24BrN5O2. The third kappa shape index (κ3) is 3.33. The summed E-state index contributed by atoms with van der Waals surface area (Å²) >= 11 is 3.42. The zero-order valence-corrected chi connectivity index (χ0v) is 19.6. The van der Waals surface area contributed by atoms with Crippen LogP contribution in [0.15, 0.2) is 51.9 Å². The molecule has 1 aliphatic heterocycles. The smallest absolute Gasteiger partial charge is 0.267 e. The average molecular weight is 494 g/mol. The number of likely N-dealkylation sites (tertiary alicyclic amines) is 1. The predicted molar refractivity (Wildman–Crippen MR) is 124 cm³/mol. The summed E-state index contributed by atoms with van der Waals surface area (Å²) in [6.07, 6.45) is 7.86. The van der Waals surface area contributed by atoms with E-state index in [9.17, 15) is 0 Å². The van der Waals surface area contributed by atoms with E-state index in [-0.39, 0.29) is 6.61 Å². The largest absolute Gasteiger partial charge is 0.404 e. The number of halogens is 1. The molecule has 0 spiro atoms. The van der Waals surface area contributed by atoms with Gasteiger partial charge < -0.3 is 14.3 Å². The lowest BCUT2D eigenvalue weighted by atomic mass is 9.73. The fraction of sp³-hybridized carbons (Fsp3) is 0.375. The monoisotopic (exact) mass is 493 g/mol. The molecule has 2 aliphatic rings. The van der Waals surface area contributed by atoms with Gasteiger partial charge in [-0.15, -0.1) is 0 Å². The van der Waals surface area contributed by atoms with Crippen molar-refractivity contribution < 1.29 is 9.36 Å². The van der Waals surface area contributed by atoms with Gasteiger partial charge in [-0.1, -0.05) is 24.2 Å². The first-order valence-corrected chi connectivity index (χ1v) is 11.8. The summed E-state index contributed by atoms with van der Waals surface area (Å²) in [5.41, 5.74) is 4.70. The van der Waals surface area contributed by atoms with Gasteiger partial charge in [0, 0.05) is 52.5 Å². The SMILES string of the molecule is C[C@@H]1C[C@@H]2c3cccc4c3c(cn4OCc3nc(-c4cncc(Br)c4)no3)C[C@H]2N(C)C1. The molecule has 0 amide bonds. The highest BCUT2D eigenvalue weighted by atomic mass is 79.9. The number of aromatic nitrogens is 4. The van der Waals surface area contributed by atoms with E-state index in [0.717, 1.165) is 28.5 Å². The van der Waals surface area contributed by atoms with E-state index < -0.39 is 0 Å². The molecule has 0 bridgehead atoms. The van der Waals surface area contributed by atoms with Crippen molar-refractivity contribution in [3.8, 4) is 11.4 Å². The molecule has 8 heteroatoms. The minimum absolute atomic E-state index is 0.200. The Balaban J connectivity index is 1.28. The summed E-state index contributed by atoms with van der Waals surface area (Å²) in [5.74, 6) is 2.21. The van der Waals surface area contributed by atoms with Gasteiger partial charge in [0.25, 0.3) is 5.89 Å². The number of fused-ring (bicyclic) bond motifs is 2. The molecule has 0 saturated carbocycles. The van der Waals surface area contributed by atoms with Crippen molar-refractivity contribution in [3.63, 3.8) is 0 Å². The van der Waals surface area contributed by atoms with Crippen LogP contribution in [0.4, 0.5) is 0 Å². The Bertz CT molecular complexity index is 1300. The lowest BCUT2D eigenvalue weighted by Crippen LogP contribution is -2.47. The van der Waals surface area contributed by atoms with E-state index in [1.54, 1.807) is 12.4 Å². The molecule has 0 unspecified atom stereocenters. The van der Waals surface area contributed by atoms with Crippen LogP contribution in [0, 0.1) is 5.92 Å². The first-order valence-electron chi connectivity index (χ1n) is 11.0. The minimum atomic E-state index is 0.200. The maximum atomic E-state index is 6.13. The molecule has 1 aromatic carbocycles. The number of piperidine rings is 1. The molecule has 3 atom stereocenters. The fourth-order valence-corrected chi connectivity index (χ4v) is 5.85. The van der Waals surface area contributed by atoms with Gasteiger partial charge in [0.15, 0.2) is 6.61 Å². The number of rotatable bonds is 4. The van der Waals surface area contributed by atoms with Crippen molar-refractivity contribution in [1.29, 1.82) is 0 Å². The number of hydrogen-bond acceptors (Lipinski definition) is 6. The van der Waals surface area contributed by atoms with Crippen molar-refractivity contribution >= 4 is 26.8 Å². The average Bonchev–Trinajstić information content (AvgIpc) is 3.39. The normalized spacial score (nSPS) is 22.8. The molecule has 4 aromatic rings. The summed E-state index contributed by atoms with van der Waals surface area (Å²) in [7, 11) is 2.26. The van der Waals surface area contributed by atoms with Gasteiger partial charge in [-0.2, -0.15) is 9.71 Å². The van der Waals surface area contributed by atoms with Gasteiger partial charge in [0.2, 0.25) is 5.82 Å². The minimum Gasteiger partial charge on any atom is -0.404 e. The number of nitrogens with zero attached hydrogens (tertiary/aromatic N) is 5. The number of hydrogen-bond donors (Lipinski definition) is 0. The lowest BCUT2D eigenvalue weighted by Gasteiger charge is -2.44. The highest BCUT2D eigenvalue weighted by molar-refractivity contribution is 9.10. The lowest BCUT2D eigenvalue weighted by molar-refractivity contribution is 0.0861. The molecule has 7 nitrogen and oxygen atoms in total. The first kappa shape index (κ1) is 19.9. The second-order valence-electron chi connectivity index (χ2n) is 9.06. The van der Waals surface area contributed by atoms with Gasteiger partial charge in [-0.3, -0.25) is 4.98 Å². The standard InChI is InChI=1S/C24H24BrN5O2/c1-14-6-19-18-4-3-5-20-23(18)16(8-21(19)29(2)11-14)12-30(20)31-13-22-27-24(28-32-22)15-7-17(25)10-26-9-15/h3-5,7,9-10,12,14,19,21H,6,8,11,13H2,1-2H3/t14-,19-,21-/m1/s1. The van der Waals surface area contributed by atoms with Crippen LogP contribution in [-0.4, -0.2) is 44.4 Å². The summed E-state index contributed by atoms with van der Waals surface area (Å²) in [6.45, 7) is 3.72. The molecule has 3 aromatic heterocycles. The summed E-state index contributed by atoms with van der Waals surface area (Å²) in [5, 5.41) is 5.42. The Hall–Kier alpha value is -2.71. The molecule has 32 heavy (non-hydrogen) atoms. The second-order valence-corrected chi connectivity index (χ2v) is 9.97. The zero-order chi connectivity index (χ0) is 21.8. The van der Waals surface area contributed by atoms with Crippen molar-refractivity contribution in [2.45, 2.75) is 38.3 Å². The van der Waals surface area contributed by atoms with Crippen LogP contribution in [0.3, 0.4) is 0 Å². The third-order valence-electron chi connectivity index (χ3n) is 6.78. The molecule has 0 radical (unpaired) electrons. The highest BCUT2D eigenvalue weighted by Gasteiger charge is 2.38. The van der Waals surface area contributed by atoms with Crippen molar-refractivity contribution in [3.05, 3.63) is 64.3 Å². The predicted octanol–water partition coefficient (Wildman–Crippen LogP) is 4.46. The summed E-state index contributed by atoms with van der Waals surface area (Å²) < 4.78 is 8.16. The maximum absolute atomic E-state index is 6.13. The molecule has 0 N–H and O–H groups in total. The maximum Gasteiger partial charge on any atom is 0.267 e. The van der Waals surface area contributed by atoms with Crippen molar-refractivity contribution in [2.24, 2.45) is 5.92 Å². The van der Waals surface area contributed by atoms with E-state index in [1.165, 1.54) is 22.9 Å². The summed E-state index contributed by atoms with van der Waals surface area (Å²) in [4.78, 5) is 17.3. The van der Waals surface area contributed by atoms with Crippen LogP contribution in [0.1, 0.15) is 36.3 Å². The van der Waals surface area contributed by atoms with E-state index >= 15 is 0 Å². The number of likely N-dealkylation sites (N-methyl/N-ethyl adjacent to an activating group) is 1. The van der Waals surface area contributed by atoms with E-state index in [2.05, 4.69) is 74.3 Å². The quantitative estimate of drug-likeness (QED) is 0.418. The second kappa shape index (κ2) is 7.71. The third-order valence-corrected chi connectivity index (χ3v) is 7.21. The molecule has 1 fully saturated rings. The fourth-order valence-electron chi connectivity index (χ4n) is 5.48. The van der Waals surface area contributed by atoms with Gasteiger partial charge in [0.1, 0.15) is 0 Å².